The molecule has 0 bridgehead atoms. The molecule has 0 aliphatic rings. The number of carbonyl (C=O) groups excluding carboxylic acids is 2. The molecule has 2 aromatic carbocycles. The SMILES string of the molecule is O=C(CSc1nnc(SCC(=O)c2ccccc2)s1)NCc1ccccc1. The molecule has 0 spiro atoms. The number of aromatic nitrogens is 2. The highest BCUT2D eigenvalue weighted by Gasteiger charge is 2.11. The Balaban J connectivity index is 1.40. The fraction of sp³-hybridized carbons (Fsp3) is 0.158. The molecular formula is C19H17N3O2S3. The summed E-state index contributed by atoms with van der Waals surface area (Å²) in [5, 5.41) is 11.0. The molecule has 5 nitrogen and oxygen atoms in total. The summed E-state index contributed by atoms with van der Waals surface area (Å²) in [5.74, 6) is 0.619. The largest absolute Gasteiger partial charge is 0.351 e. The zero-order chi connectivity index (χ0) is 18.9. The summed E-state index contributed by atoms with van der Waals surface area (Å²) in [7, 11) is 0. The van der Waals surface area contributed by atoms with E-state index in [2.05, 4.69) is 15.5 Å². The molecule has 8 heteroatoms. The van der Waals surface area contributed by atoms with Crippen molar-refractivity contribution in [1.29, 1.82) is 0 Å². The standard InChI is InChI=1S/C19H17N3O2S3/c23-16(15-9-5-2-6-10-15)12-25-18-21-22-19(27-18)26-13-17(24)20-11-14-7-3-1-4-8-14/h1-10H,11-13H2,(H,20,24). The molecule has 27 heavy (non-hydrogen) atoms. The number of ketones is 1. The molecule has 0 aliphatic heterocycles. The molecule has 0 fully saturated rings. The molecule has 3 aromatic rings. The first-order chi connectivity index (χ1) is 13.2. The fourth-order valence-corrected chi connectivity index (χ4v) is 4.87. The van der Waals surface area contributed by atoms with Gasteiger partial charge in [0.2, 0.25) is 5.91 Å². The van der Waals surface area contributed by atoms with Gasteiger partial charge in [0, 0.05) is 12.1 Å². The normalized spacial score (nSPS) is 10.5. The van der Waals surface area contributed by atoms with Gasteiger partial charge in [0.1, 0.15) is 0 Å². The first-order valence-corrected chi connectivity index (χ1v) is 11.0. The maximum Gasteiger partial charge on any atom is 0.230 e. The van der Waals surface area contributed by atoms with Crippen molar-refractivity contribution in [2.75, 3.05) is 11.5 Å². The summed E-state index contributed by atoms with van der Waals surface area (Å²) in [6.45, 7) is 0.513. The van der Waals surface area contributed by atoms with E-state index >= 15 is 0 Å². The Hall–Kier alpha value is -2.16. The van der Waals surface area contributed by atoms with Crippen molar-refractivity contribution in [3.63, 3.8) is 0 Å². The number of hydrogen-bond donors (Lipinski definition) is 1. The zero-order valence-corrected chi connectivity index (χ0v) is 16.8. The van der Waals surface area contributed by atoms with Gasteiger partial charge in [-0.15, -0.1) is 10.2 Å². The molecule has 0 unspecified atom stereocenters. The molecular weight excluding hydrogens is 398 g/mol. The van der Waals surface area contributed by atoms with Crippen LogP contribution in [0.5, 0.6) is 0 Å². The number of nitrogens with one attached hydrogen (secondary N) is 1. The lowest BCUT2D eigenvalue weighted by Crippen LogP contribution is -2.24. The minimum absolute atomic E-state index is 0.0486. The number of nitrogens with zero attached hydrogens (tertiary/aromatic N) is 2. The quantitative estimate of drug-likeness (QED) is 0.422. The molecule has 0 saturated carbocycles. The van der Waals surface area contributed by atoms with E-state index < -0.39 is 0 Å². The third-order valence-corrected chi connectivity index (χ3v) is 6.66. The lowest BCUT2D eigenvalue weighted by molar-refractivity contribution is -0.118. The van der Waals surface area contributed by atoms with Crippen LogP contribution in [0, 0.1) is 0 Å². The molecule has 138 valence electrons. The first-order valence-electron chi connectivity index (χ1n) is 8.18. The molecule has 0 saturated heterocycles. The predicted molar refractivity (Wildman–Crippen MR) is 110 cm³/mol. The van der Waals surface area contributed by atoms with Gasteiger partial charge in [-0.2, -0.15) is 0 Å². The number of amides is 1. The Morgan fingerprint density at radius 1 is 0.852 bits per heavy atom. The van der Waals surface area contributed by atoms with Crippen molar-refractivity contribution in [3.8, 4) is 0 Å². The third kappa shape index (κ3) is 6.50. The molecule has 1 heterocycles. The van der Waals surface area contributed by atoms with Crippen LogP contribution in [0.3, 0.4) is 0 Å². The Labute approximate surface area is 170 Å². The van der Waals surface area contributed by atoms with E-state index in [9.17, 15) is 9.59 Å². The van der Waals surface area contributed by atoms with Gasteiger partial charge in [-0.05, 0) is 5.56 Å². The highest BCUT2D eigenvalue weighted by atomic mass is 32.2. The van der Waals surface area contributed by atoms with Crippen LogP contribution in [0.2, 0.25) is 0 Å². The smallest absolute Gasteiger partial charge is 0.230 e. The maximum atomic E-state index is 12.1. The number of rotatable bonds is 9. The van der Waals surface area contributed by atoms with E-state index in [0.717, 1.165) is 14.2 Å². The van der Waals surface area contributed by atoms with Crippen molar-refractivity contribution >= 4 is 46.6 Å². The maximum absolute atomic E-state index is 12.1. The van der Waals surface area contributed by atoms with Gasteiger partial charge in [0.15, 0.2) is 14.5 Å². The Bertz CT molecular complexity index is 885. The molecule has 1 aromatic heterocycles. The van der Waals surface area contributed by atoms with E-state index in [1.807, 2.05) is 48.5 Å². The lowest BCUT2D eigenvalue weighted by Gasteiger charge is -2.03. The summed E-state index contributed by atoms with van der Waals surface area (Å²) in [5.41, 5.74) is 1.76. The lowest BCUT2D eigenvalue weighted by atomic mass is 10.2. The second-order valence-corrected chi connectivity index (χ2v) is 8.89. The number of benzene rings is 2. The zero-order valence-electron chi connectivity index (χ0n) is 14.3. The average Bonchev–Trinajstić information content (AvgIpc) is 3.18. The van der Waals surface area contributed by atoms with E-state index in [4.69, 9.17) is 0 Å². The summed E-state index contributed by atoms with van der Waals surface area (Å²) in [4.78, 5) is 24.0. The van der Waals surface area contributed by atoms with Crippen LogP contribution >= 0.6 is 34.9 Å². The van der Waals surface area contributed by atoms with Crippen molar-refractivity contribution in [3.05, 3.63) is 71.8 Å². The second-order valence-electron chi connectivity index (χ2n) is 5.46. The van der Waals surface area contributed by atoms with Crippen LogP contribution in [0.25, 0.3) is 0 Å². The second kappa shape index (κ2) is 10.2. The van der Waals surface area contributed by atoms with Gasteiger partial charge in [-0.1, -0.05) is 95.5 Å². The van der Waals surface area contributed by atoms with Gasteiger partial charge >= 0.3 is 0 Å². The number of carbonyl (C=O) groups is 2. The number of Topliss-reactive ketones (excluding diaryl/α,β-unsaturated/α-hetero) is 1. The van der Waals surface area contributed by atoms with Crippen LogP contribution in [0.15, 0.2) is 69.3 Å². The van der Waals surface area contributed by atoms with Gasteiger partial charge in [0.05, 0.1) is 11.5 Å². The van der Waals surface area contributed by atoms with Crippen LogP contribution in [0.4, 0.5) is 0 Å². The number of thioether (sulfide) groups is 2. The van der Waals surface area contributed by atoms with Crippen LogP contribution in [-0.2, 0) is 11.3 Å². The van der Waals surface area contributed by atoms with Gasteiger partial charge in [0.25, 0.3) is 0 Å². The van der Waals surface area contributed by atoms with E-state index in [1.54, 1.807) is 12.1 Å². The molecule has 3 rings (SSSR count). The Morgan fingerprint density at radius 2 is 1.44 bits per heavy atom. The van der Waals surface area contributed by atoms with Crippen molar-refractivity contribution in [2.24, 2.45) is 0 Å². The monoisotopic (exact) mass is 415 g/mol. The summed E-state index contributed by atoms with van der Waals surface area (Å²) >= 11 is 4.12. The summed E-state index contributed by atoms with van der Waals surface area (Å²) in [6, 6.07) is 19.0. The van der Waals surface area contributed by atoms with Crippen molar-refractivity contribution in [1.82, 2.24) is 15.5 Å². The minimum Gasteiger partial charge on any atom is -0.351 e. The van der Waals surface area contributed by atoms with Crippen molar-refractivity contribution < 1.29 is 9.59 Å². The molecule has 0 radical (unpaired) electrons. The van der Waals surface area contributed by atoms with E-state index in [1.165, 1.54) is 34.9 Å². The summed E-state index contributed by atoms with van der Waals surface area (Å²) < 4.78 is 1.45. The van der Waals surface area contributed by atoms with Gasteiger partial charge in [-0.3, -0.25) is 9.59 Å². The average molecular weight is 416 g/mol. The van der Waals surface area contributed by atoms with Gasteiger partial charge < -0.3 is 5.32 Å². The Kier molecular flexibility index (Phi) is 7.44. The minimum atomic E-state index is -0.0486. The Morgan fingerprint density at radius 3 is 2.11 bits per heavy atom. The van der Waals surface area contributed by atoms with Gasteiger partial charge in [-0.25, -0.2) is 0 Å². The van der Waals surface area contributed by atoms with Crippen molar-refractivity contribution in [2.45, 2.75) is 15.2 Å². The molecule has 0 atom stereocenters. The number of hydrogen-bond acceptors (Lipinski definition) is 7. The highest BCUT2D eigenvalue weighted by Crippen LogP contribution is 2.29. The van der Waals surface area contributed by atoms with E-state index in [0.29, 0.717) is 17.9 Å². The van der Waals surface area contributed by atoms with Crippen LogP contribution < -0.4 is 5.32 Å². The highest BCUT2D eigenvalue weighted by molar-refractivity contribution is 8.03. The summed E-state index contributed by atoms with van der Waals surface area (Å²) in [6.07, 6.45) is 0. The fourth-order valence-electron chi connectivity index (χ4n) is 2.12. The molecule has 0 aliphatic carbocycles. The third-order valence-electron chi connectivity index (χ3n) is 3.47. The van der Waals surface area contributed by atoms with Crippen LogP contribution in [0.1, 0.15) is 15.9 Å². The first kappa shape index (κ1) is 19.6. The molecule has 1 amide bonds. The van der Waals surface area contributed by atoms with E-state index in [-0.39, 0.29) is 17.4 Å². The molecule has 1 N–H and O–H groups in total. The predicted octanol–water partition coefficient (Wildman–Crippen LogP) is 3.92. The topological polar surface area (TPSA) is 72.0 Å². The van der Waals surface area contributed by atoms with Crippen LogP contribution in [-0.4, -0.2) is 33.4 Å².